The molecule has 0 radical (unpaired) electrons. The maximum atomic E-state index is 11.8. The van der Waals surface area contributed by atoms with Gasteiger partial charge in [-0.1, -0.05) is 24.3 Å². The van der Waals surface area contributed by atoms with E-state index < -0.39 is 10.1 Å². The standard InChI is InChI=1S/C16H18N2O4S/c1-12-4-2-3-5-13(12)10-11-17-16(19)18-14-6-8-15(9-7-14)23(20,21)22/h2-9H,10-11H2,1H3,(H2,17,18,19)(H,20,21,22). The zero-order valence-corrected chi connectivity index (χ0v) is 13.4. The average molecular weight is 334 g/mol. The fourth-order valence-electron chi connectivity index (χ4n) is 2.09. The molecule has 2 amide bonds. The summed E-state index contributed by atoms with van der Waals surface area (Å²) in [5.41, 5.74) is 2.78. The van der Waals surface area contributed by atoms with Crippen LogP contribution in [0.2, 0.25) is 0 Å². The average Bonchev–Trinajstić information content (AvgIpc) is 2.49. The molecule has 0 unspecified atom stereocenters. The molecule has 0 fully saturated rings. The van der Waals surface area contributed by atoms with E-state index in [9.17, 15) is 13.2 Å². The van der Waals surface area contributed by atoms with Crippen LogP contribution in [0.3, 0.4) is 0 Å². The number of benzene rings is 2. The van der Waals surface area contributed by atoms with Gasteiger partial charge in [0.1, 0.15) is 0 Å². The van der Waals surface area contributed by atoms with Gasteiger partial charge in [-0.2, -0.15) is 8.42 Å². The molecule has 3 N–H and O–H groups in total. The van der Waals surface area contributed by atoms with Gasteiger partial charge in [0, 0.05) is 12.2 Å². The fraction of sp³-hybridized carbons (Fsp3) is 0.188. The van der Waals surface area contributed by atoms with Crippen LogP contribution in [0.5, 0.6) is 0 Å². The highest BCUT2D eigenvalue weighted by molar-refractivity contribution is 7.85. The zero-order chi connectivity index (χ0) is 16.9. The van der Waals surface area contributed by atoms with Gasteiger partial charge in [0.2, 0.25) is 0 Å². The Bertz CT molecular complexity index is 786. The van der Waals surface area contributed by atoms with Crippen molar-refractivity contribution in [1.29, 1.82) is 0 Å². The Balaban J connectivity index is 1.84. The monoisotopic (exact) mass is 334 g/mol. The smallest absolute Gasteiger partial charge is 0.319 e. The molecule has 0 aromatic heterocycles. The Hall–Kier alpha value is -2.38. The van der Waals surface area contributed by atoms with E-state index in [2.05, 4.69) is 10.6 Å². The largest absolute Gasteiger partial charge is 0.338 e. The van der Waals surface area contributed by atoms with Gasteiger partial charge in [-0.15, -0.1) is 0 Å². The van der Waals surface area contributed by atoms with Crippen molar-refractivity contribution in [2.75, 3.05) is 11.9 Å². The number of aryl methyl sites for hydroxylation is 1. The summed E-state index contributed by atoms with van der Waals surface area (Å²) in [4.78, 5) is 11.6. The van der Waals surface area contributed by atoms with Gasteiger partial charge in [-0.25, -0.2) is 4.79 Å². The first-order chi connectivity index (χ1) is 10.9. The molecule has 0 aliphatic rings. The van der Waals surface area contributed by atoms with Crippen LogP contribution in [0.1, 0.15) is 11.1 Å². The molecule has 0 heterocycles. The Kier molecular flexibility index (Phi) is 5.36. The van der Waals surface area contributed by atoms with Crippen molar-refractivity contribution in [2.45, 2.75) is 18.2 Å². The summed E-state index contributed by atoms with van der Waals surface area (Å²) in [7, 11) is -4.23. The van der Waals surface area contributed by atoms with E-state index >= 15 is 0 Å². The second kappa shape index (κ2) is 7.26. The predicted octanol–water partition coefficient (Wildman–Crippen LogP) is 2.61. The number of nitrogens with one attached hydrogen (secondary N) is 2. The van der Waals surface area contributed by atoms with Crippen molar-refractivity contribution in [3.63, 3.8) is 0 Å². The first-order valence-electron chi connectivity index (χ1n) is 7.03. The van der Waals surface area contributed by atoms with Crippen LogP contribution in [0.4, 0.5) is 10.5 Å². The summed E-state index contributed by atoms with van der Waals surface area (Å²) in [6.07, 6.45) is 0.724. The normalized spacial score (nSPS) is 11.0. The molecule has 0 aliphatic heterocycles. The van der Waals surface area contributed by atoms with E-state index in [1.807, 2.05) is 31.2 Å². The number of amides is 2. The molecule has 0 saturated heterocycles. The Labute approximate surface area is 135 Å². The zero-order valence-electron chi connectivity index (χ0n) is 12.6. The molecule has 0 saturated carbocycles. The summed E-state index contributed by atoms with van der Waals surface area (Å²) < 4.78 is 30.7. The molecule has 23 heavy (non-hydrogen) atoms. The van der Waals surface area contributed by atoms with Crippen molar-refractivity contribution in [3.05, 3.63) is 59.7 Å². The summed E-state index contributed by atoms with van der Waals surface area (Å²) in [6.45, 7) is 2.51. The second-order valence-electron chi connectivity index (χ2n) is 5.06. The molecule has 0 bridgehead atoms. The molecular weight excluding hydrogens is 316 g/mol. The fourth-order valence-corrected chi connectivity index (χ4v) is 2.57. The molecule has 2 aromatic rings. The summed E-state index contributed by atoms with van der Waals surface area (Å²) in [5.74, 6) is 0. The third-order valence-electron chi connectivity index (χ3n) is 3.35. The topological polar surface area (TPSA) is 95.5 Å². The van der Waals surface area contributed by atoms with Crippen LogP contribution >= 0.6 is 0 Å². The molecule has 6 nitrogen and oxygen atoms in total. The number of hydrogen-bond donors (Lipinski definition) is 3. The SMILES string of the molecule is Cc1ccccc1CCNC(=O)Nc1ccc(S(=O)(=O)O)cc1. The third kappa shape index (κ3) is 5.08. The minimum absolute atomic E-state index is 0.219. The van der Waals surface area contributed by atoms with E-state index in [-0.39, 0.29) is 10.9 Å². The van der Waals surface area contributed by atoms with Crippen LogP contribution in [0, 0.1) is 6.92 Å². The quantitative estimate of drug-likeness (QED) is 0.732. The van der Waals surface area contributed by atoms with E-state index in [0.717, 1.165) is 6.42 Å². The highest BCUT2D eigenvalue weighted by Crippen LogP contribution is 2.13. The van der Waals surface area contributed by atoms with Crippen molar-refractivity contribution in [3.8, 4) is 0 Å². The lowest BCUT2D eigenvalue weighted by molar-refractivity contribution is 0.252. The molecule has 0 aliphatic carbocycles. The van der Waals surface area contributed by atoms with Gasteiger partial charge >= 0.3 is 6.03 Å². The maximum absolute atomic E-state index is 11.8. The summed E-state index contributed by atoms with van der Waals surface area (Å²) in [5, 5.41) is 5.33. The number of anilines is 1. The maximum Gasteiger partial charge on any atom is 0.319 e. The molecule has 7 heteroatoms. The van der Waals surface area contributed by atoms with E-state index in [4.69, 9.17) is 4.55 Å². The number of urea groups is 1. The molecule has 2 rings (SSSR count). The lowest BCUT2D eigenvalue weighted by Crippen LogP contribution is -2.30. The van der Waals surface area contributed by atoms with Crippen LogP contribution < -0.4 is 10.6 Å². The second-order valence-corrected chi connectivity index (χ2v) is 6.48. The van der Waals surface area contributed by atoms with Crippen molar-refractivity contribution < 1.29 is 17.8 Å². The van der Waals surface area contributed by atoms with Gasteiger partial charge in [-0.3, -0.25) is 4.55 Å². The Morgan fingerprint density at radius 2 is 1.74 bits per heavy atom. The summed E-state index contributed by atoms with van der Waals surface area (Å²) >= 11 is 0. The highest BCUT2D eigenvalue weighted by Gasteiger charge is 2.09. The third-order valence-corrected chi connectivity index (χ3v) is 4.22. The molecular formula is C16H18N2O4S. The van der Waals surface area contributed by atoms with Crippen LogP contribution in [-0.2, 0) is 16.5 Å². The molecule has 2 aromatic carbocycles. The van der Waals surface area contributed by atoms with Crippen molar-refractivity contribution in [2.24, 2.45) is 0 Å². The first-order valence-corrected chi connectivity index (χ1v) is 8.47. The first kappa shape index (κ1) is 17.0. The number of carbonyl (C=O) groups excluding carboxylic acids is 1. The Morgan fingerprint density at radius 3 is 2.35 bits per heavy atom. The lowest BCUT2D eigenvalue weighted by Gasteiger charge is -2.09. The van der Waals surface area contributed by atoms with Gasteiger partial charge in [0.05, 0.1) is 4.90 Å². The van der Waals surface area contributed by atoms with Gasteiger partial charge < -0.3 is 10.6 Å². The predicted molar refractivity (Wildman–Crippen MR) is 88.2 cm³/mol. The van der Waals surface area contributed by atoms with Crippen LogP contribution in [0.25, 0.3) is 0 Å². The van der Waals surface area contributed by atoms with Gasteiger partial charge in [-0.05, 0) is 48.7 Å². The molecule has 122 valence electrons. The number of carbonyl (C=O) groups is 1. The lowest BCUT2D eigenvalue weighted by atomic mass is 10.1. The van der Waals surface area contributed by atoms with E-state index in [0.29, 0.717) is 12.2 Å². The molecule has 0 spiro atoms. The minimum atomic E-state index is -4.23. The van der Waals surface area contributed by atoms with Crippen molar-refractivity contribution >= 4 is 21.8 Å². The van der Waals surface area contributed by atoms with Gasteiger partial charge in [0.25, 0.3) is 10.1 Å². The molecule has 0 atom stereocenters. The summed E-state index contributed by atoms with van der Waals surface area (Å²) in [6, 6.07) is 12.8. The van der Waals surface area contributed by atoms with Crippen LogP contribution in [0.15, 0.2) is 53.4 Å². The van der Waals surface area contributed by atoms with E-state index in [1.54, 1.807) is 0 Å². The Morgan fingerprint density at radius 1 is 1.09 bits per heavy atom. The van der Waals surface area contributed by atoms with Crippen LogP contribution in [-0.4, -0.2) is 25.5 Å². The highest BCUT2D eigenvalue weighted by atomic mass is 32.2. The van der Waals surface area contributed by atoms with Crippen molar-refractivity contribution in [1.82, 2.24) is 5.32 Å². The van der Waals surface area contributed by atoms with E-state index in [1.165, 1.54) is 35.4 Å². The minimum Gasteiger partial charge on any atom is -0.338 e. The number of rotatable bonds is 5. The van der Waals surface area contributed by atoms with Gasteiger partial charge in [0.15, 0.2) is 0 Å². The number of hydrogen-bond acceptors (Lipinski definition) is 3.